The summed E-state index contributed by atoms with van der Waals surface area (Å²) in [5.74, 6) is -0.435. The van der Waals surface area contributed by atoms with Crippen LogP contribution in [0, 0.1) is 5.82 Å². The van der Waals surface area contributed by atoms with Crippen molar-refractivity contribution >= 4 is 10.0 Å². The van der Waals surface area contributed by atoms with Crippen LogP contribution in [0.1, 0.15) is 18.1 Å². The van der Waals surface area contributed by atoms with Crippen molar-refractivity contribution in [2.75, 3.05) is 6.61 Å². The number of ether oxygens (including phenoxy) is 1. The lowest BCUT2D eigenvalue weighted by molar-refractivity contribution is 0.134. The average Bonchev–Trinajstić information content (AvgIpc) is 2.52. The van der Waals surface area contributed by atoms with Crippen molar-refractivity contribution in [2.24, 2.45) is 0 Å². The molecule has 22 heavy (non-hydrogen) atoms. The van der Waals surface area contributed by atoms with Gasteiger partial charge in [-0.1, -0.05) is 30.3 Å². The van der Waals surface area contributed by atoms with E-state index in [-0.39, 0.29) is 11.4 Å². The highest BCUT2D eigenvalue weighted by Gasteiger charge is 2.15. The summed E-state index contributed by atoms with van der Waals surface area (Å²) in [6.07, 6.45) is 0. The Hall–Kier alpha value is -1.76. The van der Waals surface area contributed by atoms with Gasteiger partial charge in [-0.25, -0.2) is 17.5 Å². The third-order valence-corrected chi connectivity index (χ3v) is 4.49. The Morgan fingerprint density at radius 1 is 1.14 bits per heavy atom. The lowest BCUT2D eigenvalue weighted by Crippen LogP contribution is -2.23. The van der Waals surface area contributed by atoms with Crippen LogP contribution in [0.15, 0.2) is 53.4 Å². The van der Waals surface area contributed by atoms with Gasteiger partial charge < -0.3 is 4.74 Å². The maximum atomic E-state index is 13.5. The summed E-state index contributed by atoms with van der Waals surface area (Å²) in [6.45, 7) is 2.69. The maximum Gasteiger partial charge on any atom is 0.240 e. The van der Waals surface area contributed by atoms with Crippen molar-refractivity contribution in [3.05, 3.63) is 65.5 Å². The van der Waals surface area contributed by atoms with E-state index < -0.39 is 15.8 Å². The lowest BCUT2D eigenvalue weighted by Gasteiger charge is -2.09. The van der Waals surface area contributed by atoms with E-state index in [9.17, 15) is 12.8 Å². The van der Waals surface area contributed by atoms with Crippen LogP contribution in [-0.2, 0) is 27.9 Å². The Kier molecular flexibility index (Phi) is 5.65. The van der Waals surface area contributed by atoms with Gasteiger partial charge in [0.15, 0.2) is 0 Å². The monoisotopic (exact) mass is 323 g/mol. The number of nitrogens with one attached hydrogen (secondary N) is 1. The van der Waals surface area contributed by atoms with Crippen LogP contribution in [0.2, 0.25) is 0 Å². The molecule has 0 unspecified atom stereocenters. The molecule has 2 aromatic carbocycles. The highest BCUT2D eigenvalue weighted by atomic mass is 32.2. The molecule has 0 fully saturated rings. The van der Waals surface area contributed by atoms with Gasteiger partial charge in [-0.05, 0) is 30.7 Å². The molecule has 0 atom stereocenters. The molecule has 0 spiro atoms. The number of benzene rings is 2. The SMILES string of the molecule is CCOCc1cccc(S(=O)(=O)NCc2ccccc2F)c1. The second kappa shape index (κ2) is 7.49. The summed E-state index contributed by atoms with van der Waals surface area (Å²) in [7, 11) is -3.69. The smallest absolute Gasteiger partial charge is 0.240 e. The summed E-state index contributed by atoms with van der Waals surface area (Å²) in [4.78, 5) is 0.140. The van der Waals surface area contributed by atoms with Crippen molar-refractivity contribution in [2.45, 2.75) is 25.0 Å². The average molecular weight is 323 g/mol. The van der Waals surface area contributed by atoms with Gasteiger partial charge in [0.2, 0.25) is 10.0 Å². The fourth-order valence-electron chi connectivity index (χ4n) is 1.92. The van der Waals surface area contributed by atoms with Crippen LogP contribution in [-0.4, -0.2) is 15.0 Å². The van der Waals surface area contributed by atoms with E-state index in [0.717, 1.165) is 5.56 Å². The molecular formula is C16H18FNO3S. The molecule has 0 saturated heterocycles. The fourth-order valence-corrected chi connectivity index (χ4v) is 3.00. The third-order valence-electron chi connectivity index (χ3n) is 3.09. The first-order chi connectivity index (χ1) is 10.5. The summed E-state index contributed by atoms with van der Waals surface area (Å²) < 4.78 is 45.7. The quantitative estimate of drug-likeness (QED) is 0.852. The van der Waals surface area contributed by atoms with Gasteiger partial charge in [0, 0.05) is 18.7 Å². The number of rotatable bonds is 7. The first-order valence-electron chi connectivity index (χ1n) is 6.92. The van der Waals surface area contributed by atoms with Gasteiger partial charge in [0.05, 0.1) is 11.5 Å². The molecular weight excluding hydrogens is 305 g/mol. The van der Waals surface area contributed by atoms with Crippen LogP contribution >= 0.6 is 0 Å². The second-order valence-corrected chi connectivity index (χ2v) is 6.47. The predicted octanol–water partition coefficient (Wildman–Crippen LogP) is 2.84. The van der Waals surface area contributed by atoms with Crippen LogP contribution < -0.4 is 4.72 Å². The van der Waals surface area contributed by atoms with Crippen molar-refractivity contribution in [1.29, 1.82) is 0 Å². The molecule has 0 amide bonds. The van der Waals surface area contributed by atoms with Gasteiger partial charge in [0.1, 0.15) is 5.82 Å². The van der Waals surface area contributed by atoms with Gasteiger partial charge in [-0.15, -0.1) is 0 Å². The van der Waals surface area contributed by atoms with Crippen molar-refractivity contribution in [1.82, 2.24) is 4.72 Å². The van der Waals surface area contributed by atoms with Gasteiger partial charge in [-0.3, -0.25) is 0 Å². The Bertz CT molecular complexity index is 732. The van der Waals surface area contributed by atoms with E-state index in [1.165, 1.54) is 12.1 Å². The largest absolute Gasteiger partial charge is 0.377 e. The van der Waals surface area contributed by atoms with Crippen LogP contribution in [0.4, 0.5) is 4.39 Å². The van der Waals surface area contributed by atoms with Crippen molar-refractivity contribution in [3.63, 3.8) is 0 Å². The molecule has 0 radical (unpaired) electrons. The van der Waals surface area contributed by atoms with E-state index in [2.05, 4.69) is 4.72 Å². The van der Waals surface area contributed by atoms with Gasteiger partial charge >= 0.3 is 0 Å². The minimum absolute atomic E-state index is 0.0926. The molecule has 2 rings (SSSR count). The summed E-state index contributed by atoms with van der Waals surface area (Å²) in [5, 5.41) is 0. The molecule has 0 saturated carbocycles. The highest BCUT2D eigenvalue weighted by Crippen LogP contribution is 2.14. The summed E-state index contributed by atoms with van der Waals surface area (Å²) in [6, 6.07) is 12.6. The predicted molar refractivity (Wildman–Crippen MR) is 82.2 cm³/mol. The van der Waals surface area contributed by atoms with Crippen molar-refractivity contribution in [3.8, 4) is 0 Å². The first-order valence-corrected chi connectivity index (χ1v) is 8.41. The summed E-state index contributed by atoms with van der Waals surface area (Å²) >= 11 is 0. The van der Waals surface area contributed by atoms with E-state index >= 15 is 0 Å². The molecule has 4 nitrogen and oxygen atoms in total. The van der Waals surface area contributed by atoms with Crippen LogP contribution in [0.5, 0.6) is 0 Å². The van der Waals surface area contributed by atoms with E-state index in [1.54, 1.807) is 36.4 Å². The number of hydrogen-bond donors (Lipinski definition) is 1. The van der Waals surface area contributed by atoms with Gasteiger partial charge in [0.25, 0.3) is 0 Å². The number of hydrogen-bond acceptors (Lipinski definition) is 3. The third kappa shape index (κ3) is 4.37. The van der Waals surface area contributed by atoms with E-state index in [1.807, 2.05) is 6.92 Å². The topological polar surface area (TPSA) is 55.4 Å². The Balaban J connectivity index is 2.11. The Morgan fingerprint density at radius 2 is 1.91 bits per heavy atom. The lowest BCUT2D eigenvalue weighted by atomic mass is 10.2. The minimum Gasteiger partial charge on any atom is -0.377 e. The molecule has 0 heterocycles. The molecule has 2 aromatic rings. The maximum absolute atomic E-state index is 13.5. The Labute approximate surface area is 130 Å². The zero-order valence-corrected chi connectivity index (χ0v) is 13.1. The second-order valence-electron chi connectivity index (χ2n) is 4.70. The summed E-state index contributed by atoms with van der Waals surface area (Å²) in [5.41, 5.74) is 1.08. The van der Waals surface area contributed by atoms with E-state index in [0.29, 0.717) is 18.8 Å². The molecule has 0 bridgehead atoms. The Morgan fingerprint density at radius 3 is 2.64 bits per heavy atom. The normalized spacial score (nSPS) is 11.5. The minimum atomic E-state index is -3.69. The molecule has 6 heteroatoms. The molecule has 0 aromatic heterocycles. The molecule has 0 aliphatic heterocycles. The standard InChI is InChI=1S/C16H18FNO3S/c1-2-21-12-13-6-5-8-15(10-13)22(19,20)18-11-14-7-3-4-9-16(14)17/h3-10,18H,2,11-12H2,1H3. The van der Waals surface area contributed by atoms with Crippen LogP contribution in [0.3, 0.4) is 0 Å². The molecule has 118 valence electrons. The van der Waals surface area contributed by atoms with Crippen molar-refractivity contribution < 1.29 is 17.5 Å². The fraction of sp³-hybridized carbons (Fsp3) is 0.250. The van der Waals surface area contributed by atoms with E-state index in [4.69, 9.17) is 4.74 Å². The number of halogens is 1. The molecule has 1 N–H and O–H groups in total. The van der Waals surface area contributed by atoms with Gasteiger partial charge in [-0.2, -0.15) is 0 Å². The molecule has 0 aliphatic rings. The zero-order valence-electron chi connectivity index (χ0n) is 12.3. The highest BCUT2D eigenvalue weighted by molar-refractivity contribution is 7.89. The first kappa shape index (κ1) is 16.6. The zero-order chi connectivity index (χ0) is 16.0. The van der Waals surface area contributed by atoms with Crippen LogP contribution in [0.25, 0.3) is 0 Å². The molecule has 0 aliphatic carbocycles. The number of sulfonamides is 1.